The first-order valence-corrected chi connectivity index (χ1v) is 5.54. The molecule has 0 amide bonds. The Labute approximate surface area is 91.8 Å². The van der Waals surface area contributed by atoms with Crippen LogP contribution in [0.4, 0.5) is 13.2 Å². The molecule has 1 rings (SSSR count). The van der Waals surface area contributed by atoms with Gasteiger partial charge in [0.1, 0.15) is 5.75 Å². The summed E-state index contributed by atoms with van der Waals surface area (Å²) < 4.78 is 39.9. The highest BCUT2D eigenvalue weighted by molar-refractivity contribution is 9.10. The molecular weight excluding hydrogens is 281 g/mol. The molecule has 14 heavy (non-hydrogen) atoms. The number of ether oxygens (including phenoxy) is 1. The molecule has 0 heterocycles. The molecule has 0 aromatic heterocycles. The van der Waals surface area contributed by atoms with E-state index in [9.17, 15) is 13.2 Å². The Morgan fingerprint density at radius 3 is 2.50 bits per heavy atom. The lowest BCUT2D eigenvalue weighted by molar-refractivity contribution is -0.275. The number of thioether (sulfide) groups is 1. The summed E-state index contributed by atoms with van der Waals surface area (Å²) in [5, 5.41) is 0. The summed E-state index contributed by atoms with van der Waals surface area (Å²) in [4.78, 5) is 0.701. The second-order valence-electron chi connectivity index (χ2n) is 2.32. The molecule has 0 aliphatic rings. The molecule has 0 radical (unpaired) electrons. The van der Waals surface area contributed by atoms with Crippen molar-refractivity contribution in [2.45, 2.75) is 11.3 Å². The molecule has 0 spiro atoms. The average Bonchev–Trinajstić information content (AvgIpc) is 2.06. The fraction of sp³-hybridized carbons (Fsp3) is 0.250. The molecule has 0 fully saturated rings. The van der Waals surface area contributed by atoms with Crippen molar-refractivity contribution in [2.75, 3.05) is 6.26 Å². The van der Waals surface area contributed by atoms with E-state index in [-0.39, 0.29) is 5.75 Å². The lowest BCUT2D eigenvalue weighted by atomic mass is 10.3. The van der Waals surface area contributed by atoms with Crippen molar-refractivity contribution >= 4 is 27.7 Å². The normalized spacial score (nSPS) is 11.5. The number of benzene rings is 1. The van der Waals surface area contributed by atoms with Crippen LogP contribution in [0.1, 0.15) is 0 Å². The van der Waals surface area contributed by atoms with Crippen molar-refractivity contribution in [3.8, 4) is 5.75 Å². The maximum atomic E-state index is 11.9. The van der Waals surface area contributed by atoms with Crippen molar-refractivity contribution in [1.82, 2.24) is 0 Å². The number of halogens is 4. The molecule has 1 aromatic rings. The van der Waals surface area contributed by atoms with Crippen molar-refractivity contribution < 1.29 is 17.9 Å². The molecule has 1 aromatic carbocycles. The summed E-state index contributed by atoms with van der Waals surface area (Å²) in [6, 6.07) is 4.48. The Bertz CT molecular complexity index is 327. The molecule has 78 valence electrons. The van der Waals surface area contributed by atoms with Crippen LogP contribution in [0.5, 0.6) is 5.75 Å². The van der Waals surface area contributed by atoms with Gasteiger partial charge in [-0.05, 0) is 34.3 Å². The molecule has 0 aliphatic carbocycles. The molecule has 0 atom stereocenters. The second kappa shape index (κ2) is 4.44. The van der Waals surface area contributed by atoms with Gasteiger partial charge in [0.15, 0.2) is 0 Å². The summed E-state index contributed by atoms with van der Waals surface area (Å²) in [7, 11) is 0. The lowest BCUT2D eigenvalue weighted by Gasteiger charge is -2.11. The van der Waals surface area contributed by atoms with Gasteiger partial charge in [-0.3, -0.25) is 0 Å². The Kier molecular flexibility index (Phi) is 3.71. The highest BCUT2D eigenvalue weighted by Crippen LogP contribution is 2.36. The molecule has 0 bridgehead atoms. The Morgan fingerprint density at radius 1 is 1.36 bits per heavy atom. The van der Waals surface area contributed by atoms with E-state index >= 15 is 0 Å². The van der Waals surface area contributed by atoms with Crippen LogP contribution in [0, 0.1) is 0 Å². The molecular formula is C8H6BrF3OS. The minimum absolute atomic E-state index is 0.218. The van der Waals surface area contributed by atoms with Crippen molar-refractivity contribution in [3.05, 3.63) is 22.7 Å². The molecule has 1 nitrogen and oxygen atoms in total. The van der Waals surface area contributed by atoms with Crippen LogP contribution in [0.2, 0.25) is 0 Å². The third-order valence-corrected chi connectivity index (χ3v) is 3.23. The highest BCUT2D eigenvalue weighted by atomic mass is 79.9. The van der Waals surface area contributed by atoms with Crippen molar-refractivity contribution in [1.29, 1.82) is 0 Å². The maximum Gasteiger partial charge on any atom is 0.573 e. The van der Waals surface area contributed by atoms with Crippen LogP contribution in [0.15, 0.2) is 27.6 Å². The van der Waals surface area contributed by atoms with Crippen molar-refractivity contribution in [3.63, 3.8) is 0 Å². The summed E-state index contributed by atoms with van der Waals surface area (Å²) in [5.74, 6) is -0.218. The predicted molar refractivity (Wildman–Crippen MR) is 52.6 cm³/mol. The van der Waals surface area contributed by atoms with Gasteiger partial charge in [-0.15, -0.1) is 24.9 Å². The predicted octanol–water partition coefficient (Wildman–Crippen LogP) is 4.07. The smallest absolute Gasteiger partial charge is 0.405 e. The highest BCUT2D eigenvalue weighted by Gasteiger charge is 2.32. The molecule has 0 aliphatic heterocycles. The summed E-state index contributed by atoms with van der Waals surface area (Å²) >= 11 is 4.39. The topological polar surface area (TPSA) is 9.23 Å². The molecule has 6 heteroatoms. The number of hydrogen-bond acceptors (Lipinski definition) is 2. The molecule has 0 saturated heterocycles. The summed E-state index contributed by atoms with van der Waals surface area (Å²) in [6.45, 7) is 0. The van der Waals surface area contributed by atoms with Crippen LogP contribution >= 0.6 is 27.7 Å². The number of hydrogen-bond donors (Lipinski definition) is 0. The number of alkyl halides is 3. The van der Waals surface area contributed by atoms with E-state index in [1.807, 2.05) is 0 Å². The Hall–Kier alpha value is -0.360. The lowest BCUT2D eigenvalue weighted by Crippen LogP contribution is -2.17. The zero-order valence-electron chi connectivity index (χ0n) is 7.06. The van der Waals surface area contributed by atoms with Crippen LogP contribution < -0.4 is 4.74 Å². The first kappa shape index (κ1) is 11.7. The summed E-state index contributed by atoms with van der Waals surface area (Å²) in [6.07, 6.45) is -2.88. The van der Waals surface area contributed by atoms with Gasteiger partial charge in [-0.2, -0.15) is 0 Å². The summed E-state index contributed by atoms with van der Waals surface area (Å²) in [5.41, 5.74) is 0. The molecule has 0 unspecified atom stereocenters. The van der Waals surface area contributed by atoms with Gasteiger partial charge < -0.3 is 4.74 Å². The minimum atomic E-state index is -4.65. The first-order chi connectivity index (χ1) is 6.44. The second-order valence-corrected chi connectivity index (χ2v) is 3.96. The van der Waals surface area contributed by atoms with E-state index in [1.165, 1.54) is 23.9 Å². The van der Waals surface area contributed by atoms with E-state index in [0.29, 0.717) is 9.37 Å². The van der Waals surface area contributed by atoms with Crippen LogP contribution in [-0.4, -0.2) is 12.6 Å². The standard InChI is InChI=1S/C8H6BrF3OS/c1-14-6-4-2-3-5(7(6)9)13-8(10,11)12/h2-4H,1H3. The van der Waals surface area contributed by atoms with Gasteiger partial charge in [-0.25, -0.2) is 0 Å². The van der Waals surface area contributed by atoms with Crippen LogP contribution in [0.25, 0.3) is 0 Å². The van der Waals surface area contributed by atoms with E-state index in [4.69, 9.17) is 0 Å². The van der Waals surface area contributed by atoms with Gasteiger partial charge in [0, 0.05) is 4.90 Å². The Balaban J connectivity index is 2.98. The van der Waals surface area contributed by atoms with E-state index < -0.39 is 6.36 Å². The third-order valence-electron chi connectivity index (χ3n) is 1.37. The molecule has 0 saturated carbocycles. The van der Waals surface area contributed by atoms with Gasteiger partial charge in [-0.1, -0.05) is 6.07 Å². The minimum Gasteiger partial charge on any atom is -0.405 e. The van der Waals surface area contributed by atoms with E-state index in [1.54, 1.807) is 12.3 Å². The van der Waals surface area contributed by atoms with Gasteiger partial charge in [0.25, 0.3) is 0 Å². The SMILES string of the molecule is CSc1cccc(OC(F)(F)F)c1Br. The Morgan fingerprint density at radius 2 is 2.00 bits per heavy atom. The zero-order chi connectivity index (χ0) is 10.8. The maximum absolute atomic E-state index is 11.9. The third kappa shape index (κ3) is 3.09. The van der Waals surface area contributed by atoms with Gasteiger partial charge in [0.05, 0.1) is 4.47 Å². The van der Waals surface area contributed by atoms with Crippen LogP contribution in [0.3, 0.4) is 0 Å². The fourth-order valence-electron chi connectivity index (χ4n) is 0.852. The van der Waals surface area contributed by atoms with E-state index in [2.05, 4.69) is 20.7 Å². The molecule has 0 N–H and O–H groups in total. The largest absolute Gasteiger partial charge is 0.573 e. The quantitative estimate of drug-likeness (QED) is 0.758. The number of rotatable bonds is 2. The van der Waals surface area contributed by atoms with Crippen LogP contribution in [-0.2, 0) is 0 Å². The van der Waals surface area contributed by atoms with E-state index in [0.717, 1.165) is 0 Å². The zero-order valence-corrected chi connectivity index (χ0v) is 9.46. The first-order valence-electron chi connectivity index (χ1n) is 3.52. The van der Waals surface area contributed by atoms with Crippen molar-refractivity contribution in [2.24, 2.45) is 0 Å². The fourth-order valence-corrected chi connectivity index (χ4v) is 2.18. The van der Waals surface area contributed by atoms with Gasteiger partial charge >= 0.3 is 6.36 Å². The van der Waals surface area contributed by atoms with Gasteiger partial charge in [0.2, 0.25) is 0 Å². The monoisotopic (exact) mass is 286 g/mol. The average molecular weight is 287 g/mol.